The fraction of sp³-hybridized carbons (Fsp3) is 0.375. The number of alkyl halides is 3. The molecule has 4 nitrogen and oxygen atoms in total. The van der Waals surface area contributed by atoms with Crippen molar-refractivity contribution >= 4 is 5.91 Å². The third kappa shape index (κ3) is 3.27. The molecule has 1 aliphatic heterocycles. The van der Waals surface area contributed by atoms with Crippen LogP contribution < -0.4 is 0 Å². The highest BCUT2D eigenvalue weighted by Gasteiger charge is 2.35. The average Bonchev–Trinajstić information content (AvgIpc) is 3.08. The van der Waals surface area contributed by atoms with E-state index in [2.05, 4.69) is 4.98 Å². The van der Waals surface area contributed by atoms with Crippen LogP contribution in [0.3, 0.4) is 0 Å². The monoisotopic (exact) mass is 341 g/mol. The number of nitrogens with zero attached hydrogens (tertiary/aromatic N) is 3. The Morgan fingerprint density at radius 2 is 2.08 bits per heavy atom. The molecule has 1 saturated heterocycles. The third-order valence-corrected chi connectivity index (χ3v) is 4.15. The van der Waals surface area contributed by atoms with Crippen molar-refractivity contribution < 1.29 is 22.4 Å². The Hall–Kier alpha value is -2.38. The van der Waals surface area contributed by atoms with Gasteiger partial charge in [0.05, 0.1) is 17.9 Å². The van der Waals surface area contributed by atoms with Crippen molar-refractivity contribution in [3.05, 3.63) is 53.9 Å². The lowest BCUT2D eigenvalue weighted by Crippen LogP contribution is -2.40. The zero-order valence-electron chi connectivity index (χ0n) is 12.6. The molecule has 1 aromatic heterocycles. The molecule has 8 heteroatoms. The van der Waals surface area contributed by atoms with Gasteiger partial charge in [-0.2, -0.15) is 13.2 Å². The number of benzene rings is 1. The molecule has 128 valence electrons. The summed E-state index contributed by atoms with van der Waals surface area (Å²) in [5.41, 5.74) is -1.58. The van der Waals surface area contributed by atoms with Crippen LogP contribution in [0, 0.1) is 5.82 Å². The maximum atomic E-state index is 13.4. The molecule has 0 radical (unpaired) electrons. The number of rotatable bonds is 2. The number of piperidine rings is 1. The normalized spacial score (nSPS) is 18.7. The lowest BCUT2D eigenvalue weighted by atomic mass is 10.0. The summed E-state index contributed by atoms with van der Waals surface area (Å²) in [6.07, 6.45) is 1.84. The van der Waals surface area contributed by atoms with Gasteiger partial charge < -0.3 is 9.47 Å². The van der Waals surface area contributed by atoms with Gasteiger partial charge in [0.15, 0.2) is 0 Å². The Morgan fingerprint density at radius 3 is 2.75 bits per heavy atom. The van der Waals surface area contributed by atoms with E-state index in [-0.39, 0.29) is 11.6 Å². The molecule has 2 heterocycles. The topological polar surface area (TPSA) is 38.1 Å². The summed E-state index contributed by atoms with van der Waals surface area (Å²) in [6, 6.07) is 2.40. The molecule has 0 unspecified atom stereocenters. The summed E-state index contributed by atoms with van der Waals surface area (Å²) in [4.78, 5) is 18.0. The smallest absolute Gasteiger partial charge is 0.337 e. The van der Waals surface area contributed by atoms with Crippen molar-refractivity contribution in [2.24, 2.45) is 0 Å². The summed E-state index contributed by atoms with van der Waals surface area (Å²) >= 11 is 0. The number of carbonyl (C=O) groups excluding carboxylic acids is 1. The van der Waals surface area contributed by atoms with E-state index < -0.39 is 23.5 Å². The van der Waals surface area contributed by atoms with Crippen LogP contribution in [0.2, 0.25) is 0 Å². The average molecular weight is 341 g/mol. The van der Waals surface area contributed by atoms with E-state index in [0.717, 1.165) is 18.9 Å². The standard InChI is InChI=1S/C16H15F4N3O/c17-14-4-3-11(8-13(14)16(18,19)20)15(24)22-6-1-2-12(9-22)23-7-5-21-10-23/h3-5,7-8,10,12H,1-2,6,9H2/t12-/m0/s1. The minimum absolute atomic E-state index is 0.0349. The predicted octanol–water partition coefficient (Wildman–Crippen LogP) is 3.52. The number of imidazole rings is 1. The summed E-state index contributed by atoms with van der Waals surface area (Å²) in [5, 5.41) is 0. The van der Waals surface area contributed by atoms with E-state index in [4.69, 9.17) is 0 Å². The Bertz CT molecular complexity index is 727. The SMILES string of the molecule is O=C(c1ccc(F)c(C(F)(F)F)c1)N1CCC[C@H](n2ccnc2)C1. The molecule has 0 aliphatic carbocycles. The second-order valence-electron chi connectivity index (χ2n) is 5.75. The van der Waals surface area contributed by atoms with Gasteiger partial charge in [-0.05, 0) is 31.0 Å². The van der Waals surface area contributed by atoms with Crippen LogP contribution in [0.25, 0.3) is 0 Å². The summed E-state index contributed by atoms with van der Waals surface area (Å²) in [7, 11) is 0. The number of hydrogen-bond acceptors (Lipinski definition) is 2. The first kappa shape index (κ1) is 16.5. The van der Waals surface area contributed by atoms with E-state index in [1.165, 1.54) is 4.90 Å². The van der Waals surface area contributed by atoms with Crippen molar-refractivity contribution in [3.8, 4) is 0 Å². The van der Waals surface area contributed by atoms with Crippen LogP contribution in [-0.4, -0.2) is 33.4 Å². The van der Waals surface area contributed by atoms with E-state index in [1.54, 1.807) is 18.7 Å². The van der Waals surface area contributed by atoms with Gasteiger partial charge in [0.2, 0.25) is 0 Å². The fourth-order valence-electron chi connectivity index (χ4n) is 2.93. The van der Waals surface area contributed by atoms with Crippen molar-refractivity contribution in [2.45, 2.75) is 25.1 Å². The van der Waals surface area contributed by atoms with Gasteiger partial charge in [0.1, 0.15) is 5.82 Å². The van der Waals surface area contributed by atoms with Crippen LogP contribution >= 0.6 is 0 Å². The van der Waals surface area contributed by atoms with Crippen LogP contribution in [0.4, 0.5) is 17.6 Å². The molecule has 0 N–H and O–H groups in total. The third-order valence-electron chi connectivity index (χ3n) is 4.15. The minimum atomic E-state index is -4.83. The highest BCUT2D eigenvalue weighted by molar-refractivity contribution is 5.94. The fourth-order valence-corrected chi connectivity index (χ4v) is 2.93. The molecule has 0 saturated carbocycles. The number of likely N-dealkylation sites (tertiary alicyclic amines) is 1. The first-order valence-corrected chi connectivity index (χ1v) is 7.49. The minimum Gasteiger partial charge on any atom is -0.337 e. The zero-order chi connectivity index (χ0) is 17.3. The van der Waals surface area contributed by atoms with E-state index in [1.807, 2.05) is 4.57 Å². The van der Waals surface area contributed by atoms with Gasteiger partial charge in [-0.15, -0.1) is 0 Å². The molecule has 1 amide bonds. The molecular weight excluding hydrogens is 326 g/mol. The molecule has 3 rings (SSSR count). The molecule has 24 heavy (non-hydrogen) atoms. The number of amides is 1. The molecule has 1 fully saturated rings. The van der Waals surface area contributed by atoms with Crippen molar-refractivity contribution in [1.29, 1.82) is 0 Å². The van der Waals surface area contributed by atoms with Crippen LogP contribution in [0.5, 0.6) is 0 Å². The van der Waals surface area contributed by atoms with Crippen molar-refractivity contribution in [2.75, 3.05) is 13.1 Å². The van der Waals surface area contributed by atoms with Crippen LogP contribution in [0.1, 0.15) is 34.8 Å². The zero-order valence-corrected chi connectivity index (χ0v) is 12.6. The van der Waals surface area contributed by atoms with Gasteiger partial charge >= 0.3 is 6.18 Å². The first-order valence-electron chi connectivity index (χ1n) is 7.49. The van der Waals surface area contributed by atoms with Gasteiger partial charge in [0.25, 0.3) is 5.91 Å². The number of aromatic nitrogens is 2. The van der Waals surface area contributed by atoms with Gasteiger partial charge in [-0.3, -0.25) is 4.79 Å². The van der Waals surface area contributed by atoms with E-state index in [0.29, 0.717) is 25.2 Å². The largest absolute Gasteiger partial charge is 0.419 e. The molecule has 0 spiro atoms. The summed E-state index contributed by atoms with van der Waals surface area (Å²) in [5.74, 6) is -1.90. The summed E-state index contributed by atoms with van der Waals surface area (Å²) in [6.45, 7) is 0.844. The Morgan fingerprint density at radius 1 is 1.29 bits per heavy atom. The molecule has 2 aromatic rings. The lowest BCUT2D eigenvalue weighted by Gasteiger charge is -2.33. The number of hydrogen-bond donors (Lipinski definition) is 0. The second-order valence-corrected chi connectivity index (χ2v) is 5.75. The highest BCUT2D eigenvalue weighted by Crippen LogP contribution is 2.32. The lowest BCUT2D eigenvalue weighted by molar-refractivity contribution is -0.140. The first-order chi connectivity index (χ1) is 11.4. The van der Waals surface area contributed by atoms with Crippen LogP contribution in [0.15, 0.2) is 36.9 Å². The van der Waals surface area contributed by atoms with Gasteiger partial charge in [0, 0.05) is 31.0 Å². The van der Waals surface area contributed by atoms with Crippen LogP contribution in [-0.2, 0) is 6.18 Å². The number of carbonyl (C=O) groups is 1. The Labute approximate surface area is 135 Å². The molecular formula is C16H15F4N3O. The highest BCUT2D eigenvalue weighted by atomic mass is 19.4. The second kappa shape index (κ2) is 6.26. The molecule has 1 atom stereocenters. The molecule has 0 bridgehead atoms. The Kier molecular flexibility index (Phi) is 4.29. The Balaban J connectivity index is 1.81. The molecule has 1 aromatic carbocycles. The maximum absolute atomic E-state index is 13.4. The van der Waals surface area contributed by atoms with E-state index >= 15 is 0 Å². The predicted molar refractivity (Wildman–Crippen MR) is 77.8 cm³/mol. The van der Waals surface area contributed by atoms with Gasteiger partial charge in [-0.25, -0.2) is 9.37 Å². The van der Waals surface area contributed by atoms with Crippen molar-refractivity contribution in [1.82, 2.24) is 14.5 Å². The van der Waals surface area contributed by atoms with E-state index in [9.17, 15) is 22.4 Å². The maximum Gasteiger partial charge on any atom is 0.419 e. The van der Waals surface area contributed by atoms with Gasteiger partial charge in [-0.1, -0.05) is 0 Å². The van der Waals surface area contributed by atoms with Crippen molar-refractivity contribution in [3.63, 3.8) is 0 Å². The quantitative estimate of drug-likeness (QED) is 0.784. The summed E-state index contributed by atoms with van der Waals surface area (Å²) < 4.78 is 53.7. The molecule has 1 aliphatic rings. The number of halogens is 4.